The van der Waals surface area contributed by atoms with Crippen molar-refractivity contribution < 1.29 is 9.53 Å². The predicted octanol–water partition coefficient (Wildman–Crippen LogP) is 2.05. The molecule has 0 bridgehead atoms. The number of carbonyl (C=O) groups is 1. The van der Waals surface area contributed by atoms with Crippen molar-refractivity contribution in [2.45, 2.75) is 6.54 Å². The second kappa shape index (κ2) is 5.35. The van der Waals surface area contributed by atoms with Gasteiger partial charge in [-0.3, -0.25) is 0 Å². The van der Waals surface area contributed by atoms with Gasteiger partial charge in [0.05, 0.1) is 6.54 Å². The number of amides is 1. The highest BCUT2D eigenvalue weighted by molar-refractivity contribution is 5.70. The van der Waals surface area contributed by atoms with Crippen LogP contribution in [0, 0.1) is 0 Å². The maximum absolute atomic E-state index is 11.8. The summed E-state index contributed by atoms with van der Waals surface area (Å²) in [7, 11) is 3.57. The van der Waals surface area contributed by atoms with E-state index in [1.165, 1.54) is 4.90 Å². The van der Waals surface area contributed by atoms with Crippen LogP contribution in [0.25, 0.3) is 0 Å². The van der Waals surface area contributed by atoms with Gasteiger partial charge in [-0.15, -0.1) is 0 Å². The highest BCUT2D eigenvalue weighted by Gasteiger charge is 2.13. The van der Waals surface area contributed by atoms with Gasteiger partial charge < -0.3 is 14.2 Å². The first kappa shape index (κ1) is 12.2. The summed E-state index contributed by atoms with van der Waals surface area (Å²) in [4.78, 5) is 17.5. The van der Waals surface area contributed by atoms with E-state index in [0.29, 0.717) is 12.3 Å². The van der Waals surface area contributed by atoms with Crippen LogP contribution in [0.3, 0.4) is 0 Å². The summed E-state index contributed by atoms with van der Waals surface area (Å²) in [5, 5.41) is 0. The molecule has 94 valence electrons. The van der Waals surface area contributed by atoms with Crippen LogP contribution in [0.2, 0.25) is 0 Å². The molecule has 0 N–H and O–H groups in total. The minimum atomic E-state index is -0.399. The lowest BCUT2D eigenvalue weighted by Crippen LogP contribution is -2.30. The average molecular weight is 245 g/mol. The number of ether oxygens (including phenoxy) is 1. The number of benzene rings is 1. The van der Waals surface area contributed by atoms with Gasteiger partial charge in [-0.1, -0.05) is 18.2 Å². The summed E-state index contributed by atoms with van der Waals surface area (Å²) in [5.41, 5.74) is 0. The van der Waals surface area contributed by atoms with Crippen LogP contribution in [0.4, 0.5) is 4.79 Å². The van der Waals surface area contributed by atoms with Gasteiger partial charge in [0.25, 0.3) is 0 Å². The van der Waals surface area contributed by atoms with E-state index in [2.05, 4.69) is 4.98 Å². The van der Waals surface area contributed by atoms with E-state index in [9.17, 15) is 4.79 Å². The Hall–Kier alpha value is -2.30. The van der Waals surface area contributed by atoms with E-state index in [0.717, 1.165) is 5.82 Å². The van der Waals surface area contributed by atoms with Crippen LogP contribution in [0.15, 0.2) is 42.7 Å². The lowest BCUT2D eigenvalue weighted by atomic mass is 10.3. The number of nitrogens with zero attached hydrogens (tertiary/aromatic N) is 3. The fraction of sp³-hybridized carbons (Fsp3) is 0.231. The molecule has 0 atom stereocenters. The molecule has 0 fully saturated rings. The third-order valence-electron chi connectivity index (χ3n) is 2.56. The fourth-order valence-corrected chi connectivity index (χ4v) is 1.49. The van der Waals surface area contributed by atoms with Gasteiger partial charge >= 0.3 is 6.09 Å². The molecule has 0 saturated heterocycles. The molecule has 5 nitrogen and oxygen atoms in total. The second-order valence-electron chi connectivity index (χ2n) is 3.99. The summed E-state index contributed by atoms with van der Waals surface area (Å²) in [6.07, 6.45) is 3.14. The van der Waals surface area contributed by atoms with Crippen LogP contribution >= 0.6 is 0 Å². The number of hydrogen-bond acceptors (Lipinski definition) is 3. The van der Waals surface area contributed by atoms with E-state index in [4.69, 9.17) is 4.74 Å². The summed E-state index contributed by atoms with van der Waals surface area (Å²) < 4.78 is 7.08. The molecular weight excluding hydrogens is 230 g/mol. The van der Waals surface area contributed by atoms with Gasteiger partial charge in [0.1, 0.15) is 11.6 Å². The Bertz CT molecular complexity index is 522. The SMILES string of the molecule is CN(Cc1nccn1C)C(=O)Oc1ccccc1. The van der Waals surface area contributed by atoms with Crippen molar-refractivity contribution in [1.29, 1.82) is 0 Å². The largest absolute Gasteiger partial charge is 0.415 e. The topological polar surface area (TPSA) is 47.4 Å². The van der Waals surface area contributed by atoms with Crippen LogP contribution in [-0.4, -0.2) is 27.6 Å². The van der Waals surface area contributed by atoms with E-state index in [-0.39, 0.29) is 0 Å². The Morgan fingerprint density at radius 3 is 2.72 bits per heavy atom. The number of rotatable bonds is 3. The third kappa shape index (κ3) is 2.88. The Morgan fingerprint density at radius 2 is 2.11 bits per heavy atom. The van der Waals surface area contributed by atoms with Crippen molar-refractivity contribution in [3.63, 3.8) is 0 Å². The van der Waals surface area contributed by atoms with Gasteiger partial charge in [-0.2, -0.15) is 0 Å². The number of imidazole rings is 1. The quantitative estimate of drug-likeness (QED) is 0.831. The molecule has 0 spiro atoms. The first-order valence-corrected chi connectivity index (χ1v) is 5.61. The van der Waals surface area contributed by atoms with Gasteiger partial charge in [-0.05, 0) is 12.1 Å². The zero-order chi connectivity index (χ0) is 13.0. The van der Waals surface area contributed by atoms with Crippen LogP contribution in [0.5, 0.6) is 5.75 Å². The van der Waals surface area contributed by atoms with Crippen molar-refractivity contribution in [1.82, 2.24) is 14.5 Å². The van der Waals surface area contributed by atoms with Crippen LogP contribution in [-0.2, 0) is 13.6 Å². The minimum Gasteiger partial charge on any atom is -0.410 e. The van der Waals surface area contributed by atoms with E-state index >= 15 is 0 Å². The Balaban J connectivity index is 1.95. The highest BCUT2D eigenvalue weighted by atomic mass is 16.6. The van der Waals surface area contributed by atoms with Crippen LogP contribution < -0.4 is 4.74 Å². The standard InChI is InChI=1S/C13H15N3O2/c1-15-9-8-14-12(15)10-16(2)13(17)18-11-6-4-3-5-7-11/h3-9H,10H2,1-2H3. The van der Waals surface area contributed by atoms with Gasteiger partial charge in [-0.25, -0.2) is 9.78 Å². The molecule has 0 saturated carbocycles. The Morgan fingerprint density at radius 1 is 1.39 bits per heavy atom. The maximum Gasteiger partial charge on any atom is 0.415 e. The molecular formula is C13H15N3O2. The maximum atomic E-state index is 11.8. The summed E-state index contributed by atoms with van der Waals surface area (Å²) in [6.45, 7) is 0.412. The Kier molecular flexibility index (Phi) is 3.62. The predicted molar refractivity (Wildman–Crippen MR) is 67.1 cm³/mol. The molecule has 18 heavy (non-hydrogen) atoms. The van der Waals surface area contributed by atoms with Gasteiger partial charge in [0.15, 0.2) is 0 Å². The van der Waals surface area contributed by atoms with Crippen LogP contribution in [0.1, 0.15) is 5.82 Å². The molecule has 0 radical (unpaired) electrons. The number of hydrogen-bond donors (Lipinski definition) is 0. The minimum absolute atomic E-state index is 0.399. The highest BCUT2D eigenvalue weighted by Crippen LogP contribution is 2.10. The van der Waals surface area contributed by atoms with Gasteiger partial charge in [0, 0.05) is 26.5 Å². The van der Waals surface area contributed by atoms with E-state index in [1.54, 1.807) is 25.4 Å². The molecule has 0 aliphatic rings. The summed E-state index contributed by atoms with van der Waals surface area (Å²) in [5.74, 6) is 1.34. The first-order valence-electron chi connectivity index (χ1n) is 5.61. The molecule has 1 amide bonds. The molecule has 2 rings (SSSR count). The Labute approximate surface area is 106 Å². The fourth-order valence-electron chi connectivity index (χ4n) is 1.49. The van der Waals surface area contributed by atoms with Crippen molar-refractivity contribution >= 4 is 6.09 Å². The van der Waals surface area contributed by atoms with Crippen molar-refractivity contribution in [3.8, 4) is 5.75 Å². The monoisotopic (exact) mass is 245 g/mol. The van der Waals surface area contributed by atoms with E-state index in [1.807, 2.05) is 36.0 Å². The number of aryl methyl sites for hydroxylation is 1. The average Bonchev–Trinajstić information content (AvgIpc) is 2.76. The lowest BCUT2D eigenvalue weighted by Gasteiger charge is -2.16. The molecule has 2 aromatic rings. The normalized spacial score (nSPS) is 10.1. The molecule has 1 aromatic carbocycles. The smallest absolute Gasteiger partial charge is 0.410 e. The van der Waals surface area contributed by atoms with Gasteiger partial charge in [0.2, 0.25) is 0 Å². The number of carbonyl (C=O) groups excluding carboxylic acids is 1. The molecule has 1 aromatic heterocycles. The number of aromatic nitrogens is 2. The first-order chi connectivity index (χ1) is 8.66. The van der Waals surface area contributed by atoms with Crippen molar-refractivity contribution in [2.75, 3.05) is 7.05 Å². The molecule has 5 heteroatoms. The van der Waals surface area contributed by atoms with E-state index < -0.39 is 6.09 Å². The molecule has 1 heterocycles. The van der Waals surface area contributed by atoms with Crippen molar-refractivity contribution in [3.05, 3.63) is 48.5 Å². The third-order valence-corrected chi connectivity index (χ3v) is 2.56. The molecule has 0 unspecified atom stereocenters. The van der Waals surface area contributed by atoms with Crippen molar-refractivity contribution in [2.24, 2.45) is 7.05 Å². The lowest BCUT2D eigenvalue weighted by molar-refractivity contribution is 0.159. The summed E-state index contributed by atoms with van der Waals surface area (Å²) in [6, 6.07) is 9.00. The number of para-hydroxylation sites is 1. The zero-order valence-electron chi connectivity index (χ0n) is 10.4. The molecule has 0 aliphatic heterocycles. The summed E-state index contributed by atoms with van der Waals surface area (Å²) >= 11 is 0. The second-order valence-corrected chi connectivity index (χ2v) is 3.99. The zero-order valence-corrected chi connectivity index (χ0v) is 10.4. The molecule has 0 aliphatic carbocycles.